The first-order valence-electron chi connectivity index (χ1n) is 8.92. The van der Waals surface area contributed by atoms with E-state index in [4.69, 9.17) is 16.3 Å². The lowest BCUT2D eigenvalue weighted by Crippen LogP contribution is -2.31. The van der Waals surface area contributed by atoms with E-state index in [0.29, 0.717) is 10.6 Å². The lowest BCUT2D eigenvalue weighted by atomic mass is 9.90. The van der Waals surface area contributed by atoms with Gasteiger partial charge in [0, 0.05) is 5.02 Å². The number of halogens is 1. The minimum Gasteiger partial charge on any atom is -0.452 e. The molecule has 2 aromatic rings. The van der Waals surface area contributed by atoms with E-state index < -0.39 is 5.97 Å². The molecule has 1 atom stereocenters. The minimum atomic E-state index is -0.471. The van der Waals surface area contributed by atoms with E-state index in [1.54, 1.807) is 12.1 Å². The molecule has 4 nitrogen and oxygen atoms in total. The molecule has 0 aliphatic carbocycles. The summed E-state index contributed by atoms with van der Waals surface area (Å²) in [7, 11) is 0. The fourth-order valence-electron chi connectivity index (χ4n) is 3.15. The van der Waals surface area contributed by atoms with Crippen LogP contribution in [0.15, 0.2) is 24.3 Å². The molecule has 0 aromatic heterocycles. The van der Waals surface area contributed by atoms with Crippen LogP contribution in [0, 0.1) is 34.6 Å². The maximum absolute atomic E-state index is 12.6. The zero-order valence-corrected chi connectivity index (χ0v) is 17.5. The molecule has 27 heavy (non-hydrogen) atoms. The van der Waals surface area contributed by atoms with Gasteiger partial charge in [-0.05, 0) is 87.1 Å². The van der Waals surface area contributed by atoms with Crippen LogP contribution < -0.4 is 5.32 Å². The van der Waals surface area contributed by atoms with E-state index in [2.05, 4.69) is 5.32 Å². The molecule has 5 heteroatoms. The highest BCUT2D eigenvalue weighted by molar-refractivity contribution is 6.30. The fourth-order valence-corrected chi connectivity index (χ4v) is 3.35. The van der Waals surface area contributed by atoms with Gasteiger partial charge in [-0.15, -0.1) is 0 Å². The molecular weight excluding hydrogens is 362 g/mol. The average Bonchev–Trinajstić information content (AvgIpc) is 2.63. The van der Waals surface area contributed by atoms with Crippen LogP contribution in [0.25, 0.3) is 0 Å². The van der Waals surface area contributed by atoms with E-state index in [1.165, 1.54) is 5.56 Å². The molecule has 144 valence electrons. The molecule has 2 rings (SSSR count). The third-order valence-corrected chi connectivity index (χ3v) is 5.50. The summed E-state index contributed by atoms with van der Waals surface area (Å²) >= 11 is 5.98. The summed E-state index contributed by atoms with van der Waals surface area (Å²) in [5.41, 5.74) is 6.55. The molecule has 2 aromatic carbocycles. The van der Waals surface area contributed by atoms with Gasteiger partial charge in [0.15, 0.2) is 6.61 Å². The first-order valence-corrected chi connectivity index (χ1v) is 9.30. The first-order chi connectivity index (χ1) is 12.6. The Kier molecular flexibility index (Phi) is 6.66. The van der Waals surface area contributed by atoms with Crippen LogP contribution in [0.3, 0.4) is 0 Å². The number of rotatable bonds is 5. The zero-order chi connectivity index (χ0) is 20.3. The third-order valence-electron chi connectivity index (χ3n) is 5.26. The van der Waals surface area contributed by atoms with Crippen molar-refractivity contribution in [3.8, 4) is 0 Å². The predicted octanol–water partition coefficient (Wildman–Crippen LogP) is 4.92. The minimum absolute atomic E-state index is 0.234. The second-order valence-corrected chi connectivity index (χ2v) is 7.36. The molecule has 0 unspecified atom stereocenters. The SMILES string of the molecule is Cc1c(C)c(C)c(C(=O)OCC(=O)N[C@H](C)c2cccc(Cl)c2)c(C)c1C. The highest BCUT2D eigenvalue weighted by Crippen LogP contribution is 2.26. The zero-order valence-electron chi connectivity index (χ0n) is 16.7. The number of amides is 1. The molecule has 0 bridgehead atoms. The van der Waals surface area contributed by atoms with Gasteiger partial charge in [0.2, 0.25) is 0 Å². The summed E-state index contributed by atoms with van der Waals surface area (Å²) in [5, 5.41) is 3.42. The Balaban J connectivity index is 2.05. The summed E-state index contributed by atoms with van der Waals surface area (Å²) in [6.07, 6.45) is 0. The van der Waals surface area contributed by atoms with Gasteiger partial charge in [0.25, 0.3) is 5.91 Å². The second kappa shape index (κ2) is 8.57. The highest BCUT2D eigenvalue weighted by atomic mass is 35.5. The maximum Gasteiger partial charge on any atom is 0.339 e. The van der Waals surface area contributed by atoms with Crippen LogP contribution in [0.5, 0.6) is 0 Å². The number of carbonyl (C=O) groups excluding carboxylic acids is 2. The molecule has 0 aliphatic heterocycles. The van der Waals surface area contributed by atoms with Crippen molar-refractivity contribution in [1.82, 2.24) is 5.32 Å². The van der Waals surface area contributed by atoms with Gasteiger partial charge >= 0.3 is 5.97 Å². The van der Waals surface area contributed by atoms with Gasteiger partial charge in [0.05, 0.1) is 11.6 Å². The largest absolute Gasteiger partial charge is 0.452 e. The van der Waals surface area contributed by atoms with Crippen molar-refractivity contribution in [3.63, 3.8) is 0 Å². The Hall–Kier alpha value is -2.33. The topological polar surface area (TPSA) is 55.4 Å². The molecule has 0 heterocycles. The number of hydrogen-bond acceptors (Lipinski definition) is 3. The van der Waals surface area contributed by atoms with E-state index in [1.807, 2.05) is 53.7 Å². The van der Waals surface area contributed by atoms with Crippen LogP contribution in [-0.2, 0) is 9.53 Å². The highest BCUT2D eigenvalue weighted by Gasteiger charge is 2.20. The van der Waals surface area contributed by atoms with Gasteiger partial charge in [-0.25, -0.2) is 4.79 Å². The quantitative estimate of drug-likeness (QED) is 0.741. The third kappa shape index (κ3) is 4.69. The van der Waals surface area contributed by atoms with Crippen molar-refractivity contribution in [2.75, 3.05) is 6.61 Å². The number of hydrogen-bond donors (Lipinski definition) is 1. The molecular formula is C22H26ClNO3. The lowest BCUT2D eigenvalue weighted by molar-refractivity contribution is -0.124. The van der Waals surface area contributed by atoms with Gasteiger partial charge in [-0.3, -0.25) is 4.79 Å². The molecule has 0 spiro atoms. The monoisotopic (exact) mass is 387 g/mol. The maximum atomic E-state index is 12.6. The van der Waals surface area contributed by atoms with E-state index in [0.717, 1.165) is 27.8 Å². The van der Waals surface area contributed by atoms with Crippen LogP contribution in [-0.4, -0.2) is 18.5 Å². The summed E-state index contributed by atoms with van der Waals surface area (Å²) in [4.78, 5) is 24.8. The van der Waals surface area contributed by atoms with Gasteiger partial charge < -0.3 is 10.1 Å². The molecule has 0 aliphatic rings. The predicted molar refractivity (Wildman–Crippen MR) is 108 cm³/mol. The van der Waals surface area contributed by atoms with E-state index >= 15 is 0 Å². The van der Waals surface area contributed by atoms with Gasteiger partial charge in [-0.1, -0.05) is 23.7 Å². The number of nitrogens with one attached hydrogen (secondary N) is 1. The van der Waals surface area contributed by atoms with Crippen LogP contribution in [0.1, 0.15) is 56.7 Å². The number of benzene rings is 2. The Morgan fingerprint density at radius 1 is 1.00 bits per heavy atom. The van der Waals surface area contributed by atoms with Crippen molar-refractivity contribution in [3.05, 3.63) is 68.2 Å². The molecule has 0 fully saturated rings. The number of carbonyl (C=O) groups is 2. The smallest absolute Gasteiger partial charge is 0.339 e. The number of esters is 1. The van der Waals surface area contributed by atoms with Crippen molar-refractivity contribution < 1.29 is 14.3 Å². The van der Waals surface area contributed by atoms with E-state index in [9.17, 15) is 9.59 Å². The molecule has 0 radical (unpaired) electrons. The van der Waals surface area contributed by atoms with E-state index in [-0.39, 0.29) is 18.6 Å². The Morgan fingerprint density at radius 3 is 2.11 bits per heavy atom. The Labute approximate surface area is 165 Å². The van der Waals surface area contributed by atoms with Crippen LogP contribution >= 0.6 is 11.6 Å². The average molecular weight is 388 g/mol. The standard InChI is InChI=1S/C22H26ClNO3/c1-12-13(2)15(4)21(16(5)14(12)3)22(26)27-11-20(25)24-17(6)18-8-7-9-19(23)10-18/h7-10,17H,11H2,1-6H3,(H,24,25)/t17-/m1/s1. The summed E-state index contributed by atoms with van der Waals surface area (Å²) in [6, 6.07) is 7.05. The van der Waals surface area contributed by atoms with Crippen LogP contribution in [0.2, 0.25) is 5.02 Å². The van der Waals surface area contributed by atoms with Crippen molar-refractivity contribution in [2.24, 2.45) is 0 Å². The van der Waals surface area contributed by atoms with Gasteiger partial charge in [-0.2, -0.15) is 0 Å². The summed E-state index contributed by atoms with van der Waals surface area (Å²) in [6.45, 7) is 11.4. The van der Waals surface area contributed by atoms with Crippen molar-refractivity contribution in [2.45, 2.75) is 47.6 Å². The lowest BCUT2D eigenvalue weighted by Gasteiger charge is -2.18. The molecule has 1 amide bonds. The molecule has 0 saturated heterocycles. The van der Waals surface area contributed by atoms with Gasteiger partial charge in [0.1, 0.15) is 0 Å². The van der Waals surface area contributed by atoms with Crippen molar-refractivity contribution in [1.29, 1.82) is 0 Å². The van der Waals surface area contributed by atoms with Crippen molar-refractivity contribution >= 4 is 23.5 Å². The summed E-state index contributed by atoms with van der Waals surface area (Å²) < 4.78 is 5.28. The second-order valence-electron chi connectivity index (χ2n) is 6.92. The normalized spacial score (nSPS) is 11.8. The number of ether oxygens (including phenoxy) is 1. The molecule has 0 saturated carbocycles. The Bertz CT molecular complexity index is 860. The Morgan fingerprint density at radius 2 is 1.56 bits per heavy atom. The fraction of sp³-hybridized carbons (Fsp3) is 0.364. The molecule has 1 N–H and O–H groups in total. The summed E-state index contributed by atoms with van der Waals surface area (Å²) in [5.74, 6) is -0.826. The first kappa shape index (κ1) is 21.0. The van der Waals surface area contributed by atoms with Crippen LogP contribution in [0.4, 0.5) is 0 Å².